The summed E-state index contributed by atoms with van der Waals surface area (Å²) in [5.41, 5.74) is 3.80. The fraction of sp³-hybridized carbons (Fsp3) is 0.267. The molecule has 0 atom stereocenters. The molecule has 0 unspecified atom stereocenters. The predicted octanol–water partition coefficient (Wildman–Crippen LogP) is 4.09. The lowest BCUT2D eigenvalue weighted by atomic mass is 10.0. The Morgan fingerprint density at radius 1 is 1.21 bits per heavy atom. The fourth-order valence-corrected chi connectivity index (χ4v) is 1.99. The summed E-state index contributed by atoms with van der Waals surface area (Å²) in [6.07, 6.45) is 0. The first-order chi connectivity index (χ1) is 8.99. The minimum absolute atomic E-state index is 0.102. The molecule has 0 spiro atoms. The molecule has 98 valence electrons. The van der Waals surface area contributed by atoms with E-state index in [0.717, 1.165) is 22.5 Å². The van der Waals surface area contributed by atoms with Gasteiger partial charge < -0.3 is 0 Å². The number of rotatable bonds is 3. The van der Waals surface area contributed by atoms with Crippen molar-refractivity contribution in [3.05, 3.63) is 57.9 Å². The van der Waals surface area contributed by atoms with Crippen LogP contribution in [0.1, 0.15) is 31.2 Å². The molecule has 4 nitrogen and oxygen atoms in total. The van der Waals surface area contributed by atoms with Crippen LogP contribution in [0.3, 0.4) is 0 Å². The highest BCUT2D eigenvalue weighted by molar-refractivity contribution is 5.68. The van der Waals surface area contributed by atoms with Crippen LogP contribution in [0.5, 0.6) is 0 Å². The van der Waals surface area contributed by atoms with Gasteiger partial charge in [0.1, 0.15) is 0 Å². The summed E-state index contributed by atoms with van der Waals surface area (Å²) in [7, 11) is 0. The standard InChI is InChI=1S/C15H16N2O2/c1-10(2)15-8-7-14(11(3)16-15)12-5-4-6-13(9-12)17(18)19/h4-10H,1-3H3. The summed E-state index contributed by atoms with van der Waals surface area (Å²) >= 11 is 0. The number of nitro benzene ring substituents is 1. The largest absolute Gasteiger partial charge is 0.270 e. The first-order valence-corrected chi connectivity index (χ1v) is 6.21. The van der Waals surface area contributed by atoms with E-state index in [-0.39, 0.29) is 10.6 Å². The highest BCUT2D eigenvalue weighted by Crippen LogP contribution is 2.27. The van der Waals surface area contributed by atoms with Gasteiger partial charge in [-0.15, -0.1) is 0 Å². The van der Waals surface area contributed by atoms with E-state index in [9.17, 15) is 10.1 Å². The minimum atomic E-state index is -0.380. The Kier molecular flexibility index (Phi) is 3.60. The van der Waals surface area contributed by atoms with Gasteiger partial charge in [0.05, 0.1) is 4.92 Å². The van der Waals surface area contributed by atoms with Crippen LogP contribution in [-0.4, -0.2) is 9.91 Å². The maximum atomic E-state index is 10.8. The first kappa shape index (κ1) is 13.2. The number of nitrogens with zero attached hydrogens (tertiary/aromatic N) is 2. The summed E-state index contributed by atoms with van der Waals surface area (Å²) in [6.45, 7) is 6.11. The minimum Gasteiger partial charge on any atom is -0.258 e. The number of benzene rings is 1. The molecule has 0 aliphatic carbocycles. The molecule has 19 heavy (non-hydrogen) atoms. The van der Waals surface area contributed by atoms with Gasteiger partial charge in [0, 0.05) is 29.1 Å². The number of non-ortho nitro benzene ring substituents is 1. The highest BCUT2D eigenvalue weighted by Gasteiger charge is 2.10. The summed E-state index contributed by atoms with van der Waals surface area (Å²) in [5.74, 6) is 0.373. The lowest BCUT2D eigenvalue weighted by Gasteiger charge is -2.10. The molecule has 1 aromatic heterocycles. The Labute approximate surface area is 112 Å². The van der Waals surface area contributed by atoms with Gasteiger partial charge in [-0.1, -0.05) is 32.0 Å². The number of aromatic nitrogens is 1. The van der Waals surface area contributed by atoms with Gasteiger partial charge in [-0.25, -0.2) is 0 Å². The van der Waals surface area contributed by atoms with Gasteiger partial charge in [-0.05, 0) is 24.5 Å². The monoisotopic (exact) mass is 256 g/mol. The van der Waals surface area contributed by atoms with E-state index >= 15 is 0 Å². The van der Waals surface area contributed by atoms with Crippen LogP contribution in [-0.2, 0) is 0 Å². The van der Waals surface area contributed by atoms with E-state index < -0.39 is 0 Å². The Bertz CT molecular complexity index is 621. The maximum Gasteiger partial charge on any atom is 0.270 e. The third-order valence-electron chi connectivity index (χ3n) is 3.07. The number of aryl methyl sites for hydroxylation is 1. The van der Waals surface area contributed by atoms with E-state index in [4.69, 9.17) is 0 Å². The predicted molar refractivity (Wildman–Crippen MR) is 75.2 cm³/mol. The van der Waals surface area contributed by atoms with Crippen molar-refractivity contribution < 1.29 is 4.92 Å². The average Bonchev–Trinajstić information content (AvgIpc) is 2.38. The molecule has 0 saturated carbocycles. The van der Waals surface area contributed by atoms with Crippen molar-refractivity contribution >= 4 is 5.69 Å². The van der Waals surface area contributed by atoms with Crippen LogP contribution in [0.25, 0.3) is 11.1 Å². The van der Waals surface area contributed by atoms with Gasteiger partial charge >= 0.3 is 0 Å². The Balaban J connectivity index is 2.47. The van der Waals surface area contributed by atoms with Crippen molar-refractivity contribution in [2.24, 2.45) is 0 Å². The second-order valence-electron chi connectivity index (χ2n) is 4.83. The zero-order valence-electron chi connectivity index (χ0n) is 11.3. The van der Waals surface area contributed by atoms with Gasteiger partial charge in [0.2, 0.25) is 0 Å². The van der Waals surface area contributed by atoms with Crippen LogP contribution in [0.4, 0.5) is 5.69 Å². The van der Waals surface area contributed by atoms with Gasteiger partial charge in [-0.2, -0.15) is 0 Å². The second-order valence-corrected chi connectivity index (χ2v) is 4.83. The molecular formula is C15H16N2O2. The molecule has 0 radical (unpaired) electrons. The fourth-order valence-electron chi connectivity index (χ4n) is 1.99. The van der Waals surface area contributed by atoms with Gasteiger partial charge in [-0.3, -0.25) is 15.1 Å². The Morgan fingerprint density at radius 3 is 2.53 bits per heavy atom. The van der Waals surface area contributed by atoms with Crippen LogP contribution in [0, 0.1) is 17.0 Å². The molecule has 0 saturated heterocycles. The molecule has 0 N–H and O–H groups in total. The summed E-state index contributed by atoms with van der Waals surface area (Å²) in [5, 5.41) is 10.8. The molecule has 0 aliphatic heterocycles. The summed E-state index contributed by atoms with van der Waals surface area (Å²) in [6, 6.07) is 10.6. The van der Waals surface area contributed by atoms with E-state index in [2.05, 4.69) is 18.8 Å². The van der Waals surface area contributed by atoms with Gasteiger partial charge in [0.15, 0.2) is 0 Å². The van der Waals surface area contributed by atoms with E-state index in [1.807, 2.05) is 25.1 Å². The smallest absolute Gasteiger partial charge is 0.258 e. The Hall–Kier alpha value is -2.23. The van der Waals surface area contributed by atoms with Crippen molar-refractivity contribution in [1.29, 1.82) is 0 Å². The highest BCUT2D eigenvalue weighted by atomic mass is 16.6. The average molecular weight is 256 g/mol. The third kappa shape index (κ3) is 2.78. The Morgan fingerprint density at radius 2 is 1.95 bits per heavy atom. The molecule has 4 heteroatoms. The zero-order valence-corrected chi connectivity index (χ0v) is 11.3. The zero-order chi connectivity index (χ0) is 14.0. The van der Waals surface area contributed by atoms with Crippen molar-refractivity contribution in [3.8, 4) is 11.1 Å². The molecular weight excluding hydrogens is 240 g/mol. The second kappa shape index (κ2) is 5.18. The van der Waals surface area contributed by atoms with Crippen LogP contribution >= 0.6 is 0 Å². The lowest BCUT2D eigenvalue weighted by Crippen LogP contribution is -1.97. The van der Waals surface area contributed by atoms with Crippen molar-refractivity contribution in [1.82, 2.24) is 4.98 Å². The normalized spacial score (nSPS) is 10.7. The molecule has 1 heterocycles. The number of hydrogen-bond acceptors (Lipinski definition) is 3. The molecule has 2 rings (SSSR count). The number of pyridine rings is 1. The van der Waals surface area contributed by atoms with E-state index in [1.165, 1.54) is 6.07 Å². The maximum absolute atomic E-state index is 10.8. The summed E-state index contributed by atoms with van der Waals surface area (Å²) < 4.78 is 0. The van der Waals surface area contributed by atoms with E-state index in [0.29, 0.717) is 5.92 Å². The number of hydrogen-bond donors (Lipinski definition) is 0. The molecule has 2 aromatic rings. The van der Waals surface area contributed by atoms with Crippen LogP contribution in [0.15, 0.2) is 36.4 Å². The summed E-state index contributed by atoms with van der Waals surface area (Å²) in [4.78, 5) is 15.0. The number of nitro groups is 1. The molecule has 0 aliphatic rings. The SMILES string of the molecule is Cc1nc(C(C)C)ccc1-c1cccc([N+](=O)[O-])c1. The first-order valence-electron chi connectivity index (χ1n) is 6.21. The third-order valence-corrected chi connectivity index (χ3v) is 3.07. The molecule has 0 amide bonds. The topological polar surface area (TPSA) is 56.0 Å². The van der Waals surface area contributed by atoms with E-state index in [1.54, 1.807) is 12.1 Å². The quantitative estimate of drug-likeness (QED) is 0.614. The molecule has 0 fully saturated rings. The van der Waals surface area contributed by atoms with Crippen molar-refractivity contribution in [2.45, 2.75) is 26.7 Å². The van der Waals surface area contributed by atoms with Crippen molar-refractivity contribution in [2.75, 3.05) is 0 Å². The van der Waals surface area contributed by atoms with Crippen LogP contribution < -0.4 is 0 Å². The van der Waals surface area contributed by atoms with Crippen LogP contribution in [0.2, 0.25) is 0 Å². The molecule has 1 aromatic carbocycles. The van der Waals surface area contributed by atoms with Gasteiger partial charge in [0.25, 0.3) is 5.69 Å². The van der Waals surface area contributed by atoms with Crippen molar-refractivity contribution in [3.63, 3.8) is 0 Å². The molecule has 0 bridgehead atoms. The lowest BCUT2D eigenvalue weighted by molar-refractivity contribution is -0.384.